The van der Waals surface area contributed by atoms with Crippen molar-refractivity contribution in [3.63, 3.8) is 0 Å². The molecule has 0 aliphatic carbocycles. The summed E-state index contributed by atoms with van der Waals surface area (Å²) in [5, 5.41) is 3.80. The maximum atomic E-state index is 12.1. The van der Waals surface area contributed by atoms with Crippen molar-refractivity contribution < 1.29 is 19.4 Å². The Bertz CT molecular complexity index is 647. The van der Waals surface area contributed by atoms with Crippen molar-refractivity contribution in [2.45, 2.75) is 25.8 Å². The van der Waals surface area contributed by atoms with Gasteiger partial charge in [-0.1, -0.05) is 23.7 Å². The minimum atomic E-state index is 0.121. The molecule has 0 unspecified atom stereocenters. The molecule has 27 heavy (non-hydrogen) atoms. The number of carbonyl (C=O) groups is 2. The van der Waals surface area contributed by atoms with Gasteiger partial charge in [-0.15, -0.1) is 0 Å². The Balaban J connectivity index is 1.28. The summed E-state index contributed by atoms with van der Waals surface area (Å²) in [4.78, 5) is 28.5. The van der Waals surface area contributed by atoms with Crippen molar-refractivity contribution >= 4 is 23.4 Å². The van der Waals surface area contributed by atoms with Gasteiger partial charge in [0.2, 0.25) is 5.91 Å². The fraction of sp³-hybridized carbons (Fsp3) is 0.600. The minimum Gasteiger partial charge on any atom is -0.351 e. The normalized spacial score (nSPS) is 22.9. The molecular formula is C20H31ClN4O2+2. The van der Waals surface area contributed by atoms with Gasteiger partial charge in [0.05, 0.1) is 0 Å². The third-order valence-corrected chi connectivity index (χ3v) is 5.75. The second kappa shape index (κ2) is 10.1. The van der Waals surface area contributed by atoms with E-state index in [1.807, 2.05) is 23.1 Å². The number of carbonyl (C=O) groups excluding carboxylic acids is 2. The molecule has 2 aliphatic rings. The quantitative estimate of drug-likeness (QED) is 0.483. The van der Waals surface area contributed by atoms with Crippen LogP contribution in [-0.4, -0.2) is 69.1 Å². The summed E-state index contributed by atoms with van der Waals surface area (Å²) >= 11 is 6.06. The summed E-state index contributed by atoms with van der Waals surface area (Å²) in [5.41, 5.74) is 1.27. The minimum absolute atomic E-state index is 0.121. The van der Waals surface area contributed by atoms with Gasteiger partial charge in [0.1, 0.15) is 32.7 Å². The lowest BCUT2D eigenvalue weighted by molar-refractivity contribution is -1.02. The first-order valence-corrected chi connectivity index (χ1v) is 10.4. The van der Waals surface area contributed by atoms with Gasteiger partial charge in [0.15, 0.2) is 6.54 Å². The highest BCUT2D eigenvalue weighted by molar-refractivity contribution is 6.30. The smallest absolute Gasteiger partial charge is 0.275 e. The molecule has 6 nitrogen and oxygen atoms in total. The molecule has 0 spiro atoms. The van der Waals surface area contributed by atoms with Crippen LogP contribution < -0.4 is 15.1 Å². The maximum Gasteiger partial charge on any atom is 0.275 e. The lowest BCUT2D eigenvalue weighted by Crippen LogP contribution is -3.28. The largest absolute Gasteiger partial charge is 0.351 e. The molecule has 7 heteroatoms. The Morgan fingerprint density at radius 3 is 2.67 bits per heavy atom. The van der Waals surface area contributed by atoms with E-state index in [1.54, 1.807) is 4.90 Å². The summed E-state index contributed by atoms with van der Waals surface area (Å²) in [6.07, 6.45) is 2.49. The summed E-state index contributed by atoms with van der Waals surface area (Å²) in [7, 11) is 0. The van der Waals surface area contributed by atoms with Crippen molar-refractivity contribution in [2.24, 2.45) is 0 Å². The Morgan fingerprint density at radius 1 is 1.19 bits per heavy atom. The van der Waals surface area contributed by atoms with Gasteiger partial charge in [0.25, 0.3) is 5.91 Å². The summed E-state index contributed by atoms with van der Waals surface area (Å²) in [6.45, 7) is 8.02. The second-order valence-corrected chi connectivity index (χ2v) is 8.11. The van der Waals surface area contributed by atoms with Crippen LogP contribution >= 0.6 is 11.6 Å². The zero-order valence-electron chi connectivity index (χ0n) is 15.9. The highest BCUT2D eigenvalue weighted by Crippen LogP contribution is 2.10. The highest BCUT2D eigenvalue weighted by Gasteiger charge is 2.25. The zero-order chi connectivity index (χ0) is 19.1. The van der Waals surface area contributed by atoms with Crippen LogP contribution in [0.1, 0.15) is 24.8 Å². The van der Waals surface area contributed by atoms with Gasteiger partial charge in [0, 0.05) is 36.6 Å². The molecule has 1 aromatic rings. The van der Waals surface area contributed by atoms with Crippen molar-refractivity contribution in [3.8, 4) is 0 Å². The summed E-state index contributed by atoms with van der Waals surface area (Å²) in [6, 6.07) is 8.07. The standard InChI is InChI=1S/C20H29ClN4O2/c21-18-5-1-4-17(14-18)15-23-10-12-24(13-11-23)16-19(26)22-7-3-9-25-8-2-6-20(25)27/h1,4-5,14H,2-3,6-13,15-16H2,(H,22,26)/p+2. The number of amides is 2. The number of likely N-dealkylation sites (tertiary alicyclic amines) is 1. The first-order valence-electron chi connectivity index (χ1n) is 10.1. The number of rotatable bonds is 8. The highest BCUT2D eigenvalue weighted by atomic mass is 35.5. The van der Waals surface area contributed by atoms with Crippen LogP contribution in [0, 0.1) is 0 Å². The van der Waals surface area contributed by atoms with Crippen LogP contribution in [-0.2, 0) is 16.1 Å². The molecule has 148 valence electrons. The zero-order valence-corrected chi connectivity index (χ0v) is 16.7. The van der Waals surface area contributed by atoms with E-state index in [1.165, 1.54) is 10.5 Å². The number of benzene rings is 1. The monoisotopic (exact) mass is 394 g/mol. The fourth-order valence-corrected chi connectivity index (χ4v) is 4.19. The molecule has 2 saturated heterocycles. The first-order chi connectivity index (χ1) is 13.1. The maximum absolute atomic E-state index is 12.1. The second-order valence-electron chi connectivity index (χ2n) is 7.67. The number of hydrogen-bond donors (Lipinski definition) is 3. The van der Waals surface area contributed by atoms with Crippen LogP contribution in [0.15, 0.2) is 24.3 Å². The molecule has 0 bridgehead atoms. The lowest BCUT2D eigenvalue weighted by atomic mass is 10.2. The van der Waals surface area contributed by atoms with E-state index in [9.17, 15) is 9.59 Å². The molecule has 0 aromatic heterocycles. The van der Waals surface area contributed by atoms with Gasteiger partial charge < -0.3 is 20.0 Å². The summed E-state index contributed by atoms with van der Waals surface area (Å²) in [5.74, 6) is 0.375. The average Bonchev–Trinajstić information content (AvgIpc) is 3.05. The molecule has 1 aromatic carbocycles. The molecular weight excluding hydrogens is 364 g/mol. The van der Waals surface area contributed by atoms with E-state index in [4.69, 9.17) is 11.6 Å². The van der Waals surface area contributed by atoms with Crippen LogP contribution in [0.3, 0.4) is 0 Å². The first kappa shape index (κ1) is 20.1. The van der Waals surface area contributed by atoms with Crippen LogP contribution in [0.5, 0.6) is 0 Å². The van der Waals surface area contributed by atoms with E-state index in [0.29, 0.717) is 19.5 Å². The van der Waals surface area contributed by atoms with Crippen LogP contribution in [0.2, 0.25) is 5.02 Å². The van der Waals surface area contributed by atoms with E-state index in [2.05, 4.69) is 11.4 Å². The number of quaternary nitrogens is 2. The van der Waals surface area contributed by atoms with E-state index in [0.717, 1.165) is 63.7 Å². The summed E-state index contributed by atoms with van der Waals surface area (Å²) < 4.78 is 0. The Kier molecular flexibility index (Phi) is 7.50. The van der Waals surface area contributed by atoms with Crippen molar-refractivity contribution in [1.82, 2.24) is 10.2 Å². The predicted molar refractivity (Wildman–Crippen MR) is 105 cm³/mol. The lowest BCUT2D eigenvalue weighted by Gasteiger charge is -2.29. The number of nitrogens with one attached hydrogen (secondary N) is 3. The molecule has 0 radical (unpaired) electrons. The topological polar surface area (TPSA) is 58.3 Å². The SMILES string of the molecule is O=C(C[NH+]1CC[NH+](Cc2cccc(Cl)c2)CC1)NCCCN1CCCC1=O. The number of nitrogens with zero attached hydrogens (tertiary/aromatic N) is 1. The van der Waals surface area contributed by atoms with Gasteiger partial charge in [-0.05, 0) is 25.0 Å². The Labute approximate surface area is 166 Å². The third-order valence-electron chi connectivity index (χ3n) is 5.52. The average molecular weight is 395 g/mol. The van der Waals surface area contributed by atoms with Gasteiger partial charge in [-0.3, -0.25) is 9.59 Å². The Hall–Kier alpha value is -1.63. The number of halogens is 1. The van der Waals surface area contributed by atoms with E-state index < -0.39 is 0 Å². The number of hydrogen-bond acceptors (Lipinski definition) is 2. The Morgan fingerprint density at radius 2 is 1.96 bits per heavy atom. The van der Waals surface area contributed by atoms with Gasteiger partial charge in [-0.25, -0.2) is 0 Å². The fourth-order valence-electron chi connectivity index (χ4n) is 3.97. The molecule has 0 saturated carbocycles. The molecule has 2 fully saturated rings. The molecule has 3 rings (SSSR count). The van der Waals surface area contributed by atoms with Crippen molar-refractivity contribution in [3.05, 3.63) is 34.9 Å². The number of piperazine rings is 1. The van der Waals surface area contributed by atoms with Crippen LogP contribution in [0.25, 0.3) is 0 Å². The van der Waals surface area contributed by atoms with Gasteiger partial charge in [-0.2, -0.15) is 0 Å². The molecule has 2 heterocycles. The predicted octanol–water partition coefficient (Wildman–Crippen LogP) is -1.25. The van der Waals surface area contributed by atoms with Crippen molar-refractivity contribution in [1.29, 1.82) is 0 Å². The van der Waals surface area contributed by atoms with E-state index in [-0.39, 0.29) is 11.8 Å². The van der Waals surface area contributed by atoms with Gasteiger partial charge >= 0.3 is 0 Å². The molecule has 2 aliphatic heterocycles. The molecule has 0 atom stereocenters. The van der Waals surface area contributed by atoms with E-state index >= 15 is 0 Å². The van der Waals surface area contributed by atoms with Crippen molar-refractivity contribution in [2.75, 3.05) is 52.4 Å². The third kappa shape index (κ3) is 6.48. The van der Waals surface area contributed by atoms with Crippen LogP contribution in [0.4, 0.5) is 0 Å². The molecule has 3 N–H and O–H groups in total. The molecule has 2 amide bonds.